The number of aryl methyl sites for hydroxylation is 4. The van der Waals surface area contributed by atoms with Crippen LogP contribution in [0.25, 0.3) is 0 Å². The first kappa shape index (κ1) is 17.7. The molecule has 2 aromatic rings. The molecular formula is C20H26HfN3. The average Bonchev–Trinajstić information content (AvgIpc) is 2.97. The summed E-state index contributed by atoms with van der Waals surface area (Å²) >= 11 is 0.970. The third-order valence-corrected chi connectivity index (χ3v) is 5.83. The van der Waals surface area contributed by atoms with Crippen LogP contribution in [0.2, 0.25) is 0 Å². The van der Waals surface area contributed by atoms with E-state index in [0.29, 0.717) is 0 Å². The van der Waals surface area contributed by atoms with E-state index in [1.165, 1.54) is 33.6 Å². The van der Waals surface area contributed by atoms with Gasteiger partial charge in [-0.1, -0.05) is 0 Å². The molecule has 0 saturated carbocycles. The van der Waals surface area contributed by atoms with Crippen molar-refractivity contribution in [3.8, 4) is 0 Å². The molecule has 1 N–H and O–H groups in total. The van der Waals surface area contributed by atoms with E-state index in [1.54, 1.807) is 0 Å². The Labute approximate surface area is 161 Å². The zero-order valence-electron chi connectivity index (χ0n) is 15.1. The Bertz CT molecular complexity index is 706. The fraction of sp³-hybridized carbons (Fsp3) is 0.400. The second-order valence-electron chi connectivity index (χ2n) is 6.63. The minimum absolute atomic E-state index is 0.254. The van der Waals surface area contributed by atoms with Crippen LogP contribution in [0.3, 0.4) is 0 Å². The van der Waals surface area contributed by atoms with Gasteiger partial charge in [0.15, 0.2) is 0 Å². The molecule has 1 heterocycles. The predicted molar refractivity (Wildman–Crippen MR) is 98.1 cm³/mol. The van der Waals surface area contributed by atoms with Crippen molar-refractivity contribution in [2.24, 2.45) is 0 Å². The molecule has 1 aliphatic heterocycles. The third-order valence-electron chi connectivity index (χ3n) is 4.91. The van der Waals surface area contributed by atoms with Crippen molar-refractivity contribution in [1.82, 2.24) is 3.30 Å². The molecule has 1 saturated heterocycles. The molecule has 0 amide bonds. The monoisotopic (exact) mass is 488 g/mol. The summed E-state index contributed by atoms with van der Waals surface area (Å²) < 4.78 is 3.67. The first-order valence-corrected chi connectivity index (χ1v) is 10.5. The molecule has 1 unspecified atom stereocenters. The van der Waals surface area contributed by atoms with Crippen LogP contribution < -0.4 is 13.1 Å². The zero-order chi connectivity index (χ0) is 17.3. The van der Waals surface area contributed by atoms with Crippen molar-refractivity contribution in [2.45, 2.75) is 40.4 Å². The molecule has 0 aromatic heterocycles. The molecule has 1 atom stereocenters. The number of rotatable bonds is 4. The van der Waals surface area contributed by atoms with Gasteiger partial charge in [0, 0.05) is 0 Å². The van der Waals surface area contributed by atoms with E-state index in [4.69, 9.17) is 0 Å². The summed E-state index contributed by atoms with van der Waals surface area (Å²) in [5.74, 6) is 0. The number of para-hydroxylation sites is 1. The maximum absolute atomic E-state index is 3.67. The number of nitrogens with zero attached hydrogens (tertiary/aromatic N) is 2. The van der Waals surface area contributed by atoms with Crippen molar-refractivity contribution in [3.63, 3.8) is 0 Å². The van der Waals surface area contributed by atoms with E-state index in [0.717, 1.165) is 44.2 Å². The Morgan fingerprint density at radius 1 is 1.04 bits per heavy atom. The Hall–Kier alpha value is -1.13. The van der Waals surface area contributed by atoms with Gasteiger partial charge in [-0.2, -0.15) is 0 Å². The number of nitrogens with one attached hydrogen (secondary N) is 1. The maximum atomic E-state index is 3.67. The molecule has 1 aliphatic rings. The summed E-state index contributed by atoms with van der Waals surface area (Å²) in [6, 6.07) is 13.4. The summed E-state index contributed by atoms with van der Waals surface area (Å²) in [6.45, 7) is 11.0. The van der Waals surface area contributed by atoms with Crippen LogP contribution >= 0.6 is 0 Å². The van der Waals surface area contributed by atoms with Gasteiger partial charge in [-0.15, -0.1) is 0 Å². The quantitative estimate of drug-likeness (QED) is 0.663. The second-order valence-corrected chi connectivity index (χ2v) is 7.67. The Morgan fingerprint density at radius 3 is 2.29 bits per heavy atom. The van der Waals surface area contributed by atoms with Crippen molar-refractivity contribution in [1.29, 1.82) is 0 Å². The second kappa shape index (κ2) is 7.40. The van der Waals surface area contributed by atoms with Gasteiger partial charge in [0.05, 0.1) is 0 Å². The molecule has 125 valence electrons. The van der Waals surface area contributed by atoms with Crippen LogP contribution in [-0.2, 0) is 31.1 Å². The Morgan fingerprint density at radius 2 is 1.67 bits per heavy atom. The molecule has 3 rings (SSSR count). The van der Waals surface area contributed by atoms with Crippen LogP contribution in [0.1, 0.15) is 29.2 Å². The van der Waals surface area contributed by atoms with E-state index in [2.05, 4.69) is 77.2 Å². The Kier molecular flexibility index (Phi) is 5.46. The molecule has 4 heteroatoms. The Balaban J connectivity index is 1.99. The number of anilines is 2. The standard InChI is InChI=1S/C20H26N3.Hf/c1-5-17-8-6-7-9-18(17)22-10-11-23(20(22)21)19-15(3)12-14(2)13-16(19)4;/h6-9,12-13,20-21H,5,10-11H2,1-4H3;/q-1;+1. The normalized spacial score (nSPS) is 17.5. The van der Waals surface area contributed by atoms with Gasteiger partial charge in [0.25, 0.3) is 0 Å². The molecule has 1 fully saturated rings. The van der Waals surface area contributed by atoms with Gasteiger partial charge in [0.2, 0.25) is 0 Å². The van der Waals surface area contributed by atoms with Gasteiger partial charge < -0.3 is 0 Å². The number of hydrogen-bond acceptors (Lipinski definition) is 3. The van der Waals surface area contributed by atoms with Crippen molar-refractivity contribution in [3.05, 3.63) is 58.7 Å². The van der Waals surface area contributed by atoms with E-state index < -0.39 is 0 Å². The molecule has 0 aliphatic carbocycles. The van der Waals surface area contributed by atoms with Crippen molar-refractivity contribution < 1.29 is 24.7 Å². The molecule has 0 spiro atoms. The van der Waals surface area contributed by atoms with E-state index in [9.17, 15) is 0 Å². The van der Waals surface area contributed by atoms with E-state index in [-0.39, 0.29) is 6.29 Å². The summed E-state index contributed by atoms with van der Waals surface area (Å²) in [5.41, 5.74) is 8.29. The minimum atomic E-state index is 0.254. The van der Waals surface area contributed by atoms with Crippen molar-refractivity contribution in [2.75, 3.05) is 22.9 Å². The molecular weight excluding hydrogens is 461 g/mol. The molecule has 24 heavy (non-hydrogen) atoms. The summed E-state index contributed by atoms with van der Waals surface area (Å²) in [7, 11) is 0. The van der Waals surface area contributed by atoms with Crippen LogP contribution in [0.4, 0.5) is 11.4 Å². The molecule has 0 bridgehead atoms. The predicted octanol–water partition coefficient (Wildman–Crippen LogP) is 3.84. The SMILES string of the molecule is CCc1ccccc1N1CCN(c2c(C)cc(C)cc2C)C1[NH][Hf]. The van der Waals surface area contributed by atoms with Crippen LogP contribution in [0, 0.1) is 20.8 Å². The van der Waals surface area contributed by atoms with Crippen LogP contribution in [0.15, 0.2) is 36.4 Å². The first-order chi connectivity index (χ1) is 11.6. The molecule has 0 radical (unpaired) electrons. The number of hydrogen-bond donors (Lipinski definition) is 1. The number of benzene rings is 2. The zero-order valence-corrected chi connectivity index (χ0v) is 18.6. The van der Waals surface area contributed by atoms with Crippen LogP contribution in [0.5, 0.6) is 0 Å². The fourth-order valence-electron chi connectivity index (χ4n) is 3.99. The fourth-order valence-corrected chi connectivity index (χ4v) is 5.11. The summed E-state index contributed by atoms with van der Waals surface area (Å²) in [4.78, 5) is 5.08. The van der Waals surface area contributed by atoms with Gasteiger partial charge >= 0.3 is 161 Å². The topological polar surface area (TPSA) is 18.5 Å². The molecule has 2 aromatic carbocycles. The van der Waals surface area contributed by atoms with Gasteiger partial charge in [-0.3, -0.25) is 0 Å². The van der Waals surface area contributed by atoms with Gasteiger partial charge in [-0.25, -0.2) is 0 Å². The van der Waals surface area contributed by atoms with Gasteiger partial charge in [-0.05, 0) is 0 Å². The first-order valence-electron chi connectivity index (χ1n) is 8.68. The third kappa shape index (κ3) is 3.18. The average molecular weight is 487 g/mol. The summed E-state index contributed by atoms with van der Waals surface area (Å²) in [5, 5.41) is 0. The van der Waals surface area contributed by atoms with Crippen molar-refractivity contribution >= 4 is 11.4 Å². The summed E-state index contributed by atoms with van der Waals surface area (Å²) in [6.07, 6.45) is 1.33. The van der Waals surface area contributed by atoms with E-state index in [1.807, 2.05) is 0 Å². The molecule has 3 nitrogen and oxygen atoms in total. The van der Waals surface area contributed by atoms with Gasteiger partial charge in [0.1, 0.15) is 0 Å². The van der Waals surface area contributed by atoms with Crippen LogP contribution in [-0.4, -0.2) is 19.4 Å². The van der Waals surface area contributed by atoms with E-state index >= 15 is 0 Å².